The molecular formula is C21H28O2. The topological polar surface area (TPSA) is 18.5 Å². The summed E-state index contributed by atoms with van der Waals surface area (Å²) in [5.41, 5.74) is 7.07. The molecule has 0 amide bonds. The lowest BCUT2D eigenvalue weighted by molar-refractivity contribution is 0.0947. The fraction of sp³-hybridized carbons (Fsp3) is 0.619. The molecule has 4 rings (SSSR count). The van der Waals surface area contributed by atoms with E-state index in [1.807, 2.05) is 7.11 Å². The first-order valence-corrected chi connectivity index (χ1v) is 8.93. The first kappa shape index (κ1) is 15.3. The fourth-order valence-electron chi connectivity index (χ4n) is 5.51. The second kappa shape index (κ2) is 5.11. The Kier molecular flexibility index (Phi) is 3.39. The lowest BCUT2D eigenvalue weighted by Crippen LogP contribution is -2.38. The van der Waals surface area contributed by atoms with Gasteiger partial charge in [-0.25, -0.2) is 0 Å². The minimum absolute atomic E-state index is 0.220. The van der Waals surface area contributed by atoms with E-state index in [4.69, 9.17) is 9.47 Å². The molecule has 0 spiro atoms. The van der Waals surface area contributed by atoms with E-state index in [1.54, 1.807) is 18.3 Å². The predicted molar refractivity (Wildman–Crippen MR) is 93.1 cm³/mol. The lowest BCUT2D eigenvalue weighted by Gasteiger charge is -2.48. The SMILES string of the molecule is COc1ccc2c(c1)CCC1=C3C[C@H](OC)C[C@]3(C)CC[C@]12C. The minimum atomic E-state index is 0.220. The summed E-state index contributed by atoms with van der Waals surface area (Å²) in [5, 5.41) is 0. The van der Waals surface area contributed by atoms with Crippen molar-refractivity contribution in [2.75, 3.05) is 14.2 Å². The number of fused-ring (bicyclic) bond motifs is 4. The maximum Gasteiger partial charge on any atom is 0.119 e. The highest BCUT2D eigenvalue weighted by atomic mass is 16.5. The van der Waals surface area contributed by atoms with Crippen LogP contribution in [0.3, 0.4) is 0 Å². The van der Waals surface area contributed by atoms with Crippen LogP contribution in [-0.2, 0) is 16.6 Å². The third kappa shape index (κ3) is 2.11. The van der Waals surface area contributed by atoms with Gasteiger partial charge in [-0.05, 0) is 67.2 Å². The second-order valence-corrected chi connectivity index (χ2v) is 8.14. The largest absolute Gasteiger partial charge is 0.497 e. The maximum atomic E-state index is 5.73. The molecule has 3 aliphatic rings. The number of aryl methyl sites for hydroxylation is 1. The van der Waals surface area contributed by atoms with Gasteiger partial charge in [-0.1, -0.05) is 31.1 Å². The summed E-state index contributed by atoms with van der Waals surface area (Å²) in [6.45, 7) is 4.94. The molecule has 3 atom stereocenters. The zero-order chi connectivity index (χ0) is 16.2. The number of ether oxygens (including phenoxy) is 2. The van der Waals surface area contributed by atoms with Gasteiger partial charge in [0.2, 0.25) is 0 Å². The van der Waals surface area contributed by atoms with Crippen molar-refractivity contribution in [1.82, 2.24) is 0 Å². The highest BCUT2D eigenvalue weighted by Gasteiger charge is 2.50. The number of methoxy groups -OCH3 is 2. The molecule has 2 heteroatoms. The molecule has 0 unspecified atom stereocenters. The van der Waals surface area contributed by atoms with E-state index >= 15 is 0 Å². The summed E-state index contributed by atoms with van der Waals surface area (Å²) in [4.78, 5) is 0. The molecular weight excluding hydrogens is 284 g/mol. The molecule has 1 aromatic carbocycles. The maximum absolute atomic E-state index is 5.73. The Bertz CT molecular complexity index is 674. The molecule has 2 nitrogen and oxygen atoms in total. The Hall–Kier alpha value is -1.28. The van der Waals surface area contributed by atoms with Gasteiger partial charge in [0.25, 0.3) is 0 Å². The average Bonchev–Trinajstić information content (AvgIpc) is 2.91. The molecule has 0 saturated heterocycles. The molecule has 1 aromatic rings. The van der Waals surface area contributed by atoms with Crippen molar-refractivity contribution in [2.45, 2.75) is 63.9 Å². The van der Waals surface area contributed by atoms with Crippen LogP contribution < -0.4 is 4.74 Å². The first-order chi connectivity index (χ1) is 11.0. The van der Waals surface area contributed by atoms with Crippen LogP contribution >= 0.6 is 0 Å². The number of hydrogen-bond acceptors (Lipinski definition) is 2. The van der Waals surface area contributed by atoms with Crippen LogP contribution in [0, 0.1) is 5.41 Å². The fourth-order valence-corrected chi connectivity index (χ4v) is 5.51. The summed E-state index contributed by atoms with van der Waals surface area (Å²) in [6, 6.07) is 6.71. The Balaban J connectivity index is 1.83. The van der Waals surface area contributed by atoms with Crippen molar-refractivity contribution in [3.8, 4) is 5.75 Å². The van der Waals surface area contributed by atoms with Crippen molar-refractivity contribution in [3.05, 3.63) is 40.5 Å². The van der Waals surface area contributed by atoms with Crippen molar-refractivity contribution in [3.63, 3.8) is 0 Å². The lowest BCUT2D eigenvalue weighted by atomic mass is 9.56. The quantitative estimate of drug-likeness (QED) is 0.730. The van der Waals surface area contributed by atoms with E-state index in [0.29, 0.717) is 11.5 Å². The van der Waals surface area contributed by atoms with E-state index in [2.05, 4.69) is 32.0 Å². The third-order valence-electron chi connectivity index (χ3n) is 6.93. The number of allylic oxidation sites excluding steroid dienone is 1. The van der Waals surface area contributed by atoms with Gasteiger partial charge < -0.3 is 9.47 Å². The van der Waals surface area contributed by atoms with Crippen LogP contribution in [0.1, 0.15) is 57.1 Å². The van der Waals surface area contributed by atoms with Gasteiger partial charge in [-0.2, -0.15) is 0 Å². The Morgan fingerprint density at radius 1 is 1.04 bits per heavy atom. The normalized spacial score (nSPS) is 35.6. The van der Waals surface area contributed by atoms with Crippen molar-refractivity contribution >= 4 is 0 Å². The monoisotopic (exact) mass is 312 g/mol. The Labute approximate surface area is 139 Å². The summed E-state index contributed by atoms with van der Waals surface area (Å²) in [6.07, 6.45) is 7.66. The Morgan fingerprint density at radius 2 is 1.87 bits per heavy atom. The van der Waals surface area contributed by atoms with E-state index in [9.17, 15) is 0 Å². The van der Waals surface area contributed by atoms with Gasteiger partial charge in [-0.15, -0.1) is 0 Å². The van der Waals surface area contributed by atoms with E-state index in [1.165, 1.54) is 36.8 Å². The van der Waals surface area contributed by atoms with Crippen LogP contribution in [0.2, 0.25) is 0 Å². The molecule has 0 heterocycles. The Morgan fingerprint density at radius 3 is 2.61 bits per heavy atom. The predicted octanol–water partition coefficient (Wildman–Crippen LogP) is 4.80. The van der Waals surface area contributed by atoms with Crippen molar-refractivity contribution < 1.29 is 9.47 Å². The number of benzene rings is 1. The molecule has 0 bridgehead atoms. The minimum Gasteiger partial charge on any atom is -0.497 e. The highest BCUT2D eigenvalue weighted by Crippen LogP contribution is 2.60. The van der Waals surface area contributed by atoms with Gasteiger partial charge in [0.05, 0.1) is 13.2 Å². The number of rotatable bonds is 2. The molecule has 1 fully saturated rings. The van der Waals surface area contributed by atoms with Gasteiger partial charge >= 0.3 is 0 Å². The summed E-state index contributed by atoms with van der Waals surface area (Å²) >= 11 is 0. The van der Waals surface area contributed by atoms with Crippen LogP contribution in [0.5, 0.6) is 5.75 Å². The summed E-state index contributed by atoms with van der Waals surface area (Å²) in [5.74, 6) is 0.990. The molecule has 0 N–H and O–H groups in total. The second-order valence-electron chi connectivity index (χ2n) is 8.14. The van der Waals surface area contributed by atoms with Crippen LogP contribution in [-0.4, -0.2) is 20.3 Å². The number of hydrogen-bond donors (Lipinski definition) is 0. The van der Waals surface area contributed by atoms with Crippen LogP contribution in [0.25, 0.3) is 0 Å². The van der Waals surface area contributed by atoms with E-state index in [-0.39, 0.29) is 5.41 Å². The summed E-state index contributed by atoms with van der Waals surface area (Å²) in [7, 11) is 3.63. The summed E-state index contributed by atoms with van der Waals surface area (Å²) < 4.78 is 11.2. The average molecular weight is 312 g/mol. The standard InChI is InChI=1S/C21H28O2/c1-20-9-10-21(2)17-8-6-15(22-3)11-14(17)5-7-18(21)19(20)12-16(13-20)23-4/h6,8,11,16H,5,7,9-10,12-13H2,1-4H3/t16-,20-,21-/m0/s1. The van der Waals surface area contributed by atoms with Crippen molar-refractivity contribution in [1.29, 1.82) is 0 Å². The van der Waals surface area contributed by atoms with E-state index < -0.39 is 0 Å². The highest BCUT2D eigenvalue weighted by molar-refractivity contribution is 5.52. The van der Waals surface area contributed by atoms with Gasteiger partial charge in [0.15, 0.2) is 0 Å². The van der Waals surface area contributed by atoms with Gasteiger partial charge in [0.1, 0.15) is 5.75 Å². The molecule has 3 aliphatic carbocycles. The molecule has 0 aliphatic heterocycles. The molecule has 0 radical (unpaired) electrons. The molecule has 1 saturated carbocycles. The van der Waals surface area contributed by atoms with Crippen molar-refractivity contribution in [2.24, 2.45) is 5.41 Å². The first-order valence-electron chi connectivity index (χ1n) is 8.93. The zero-order valence-electron chi connectivity index (χ0n) is 14.9. The smallest absolute Gasteiger partial charge is 0.119 e. The van der Waals surface area contributed by atoms with E-state index in [0.717, 1.165) is 18.6 Å². The van der Waals surface area contributed by atoms with Crippen LogP contribution in [0.15, 0.2) is 29.3 Å². The third-order valence-corrected chi connectivity index (χ3v) is 6.93. The molecule has 0 aromatic heterocycles. The zero-order valence-corrected chi connectivity index (χ0v) is 14.9. The molecule has 124 valence electrons. The van der Waals surface area contributed by atoms with Crippen LogP contribution in [0.4, 0.5) is 0 Å². The molecule has 23 heavy (non-hydrogen) atoms. The van der Waals surface area contributed by atoms with Gasteiger partial charge in [0, 0.05) is 12.5 Å². The van der Waals surface area contributed by atoms with Gasteiger partial charge in [-0.3, -0.25) is 0 Å².